The number of sulfonamides is 1. The highest BCUT2D eigenvalue weighted by molar-refractivity contribution is 9.10. The molecule has 5 nitrogen and oxygen atoms in total. The Labute approximate surface area is 203 Å². The quantitative estimate of drug-likeness (QED) is 0.304. The van der Waals surface area contributed by atoms with Crippen molar-refractivity contribution in [3.05, 3.63) is 81.8 Å². The van der Waals surface area contributed by atoms with Gasteiger partial charge in [-0.05, 0) is 85.1 Å². The highest BCUT2D eigenvalue weighted by Crippen LogP contribution is 2.27. The van der Waals surface area contributed by atoms with E-state index >= 15 is 0 Å². The van der Waals surface area contributed by atoms with Crippen molar-refractivity contribution < 1.29 is 8.42 Å². The van der Waals surface area contributed by atoms with Crippen molar-refractivity contribution in [3.63, 3.8) is 0 Å². The van der Waals surface area contributed by atoms with E-state index in [4.69, 9.17) is 12.2 Å². The Morgan fingerprint density at radius 2 is 1.56 bits per heavy atom. The standard InChI is InChI=1S/C24H26BrN3O2S2/c1-4-17-7-6-8-18(5-2)23(17)27-24(31)26-21-14-9-16(3)15-22(21)32(29,30)28-20-12-10-19(25)11-13-20/h6-15,28H,4-5H2,1-3H3,(H2,26,27,31). The van der Waals surface area contributed by atoms with Crippen LogP contribution in [0.25, 0.3) is 0 Å². The van der Waals surface area contributed by atoms with Gasteiger partial charge in [0.25, 0.3) is 10.0 Å². The van der Waals surface area contributed by atoms with E-state index in [2.05, 4.69) is 57.3 Å². The second kappa shape index (κ2) is 10.5. The van der Waals surface area contributed by atoms with Crippen LogP contribution < -0.4 is 15.4 Å². The zero-order valence-electron chi connectivity index (χ0n) is 18.2. The Morgan fingerprint density at radius 1 is 0.938 bits per heavy atom. The highest BCUT2D eigenvalue weighted by Gasteiger charge is 2.20. The number of hydrogen-bond acceptors (Lipinski definition) is 3. The van der Waals surface area contributed by atoms with Crippen LogP contribution in [0.2, 0.25) is 0 Å². The molecule has 3 aromatic carbocycles. The van der Waals surface area contributed by atoms with E-state index in [0.717, 1.165) is 39.7 Å². The van der Waals surface area contributed by atoms with E-state index in [1.807, 2.05) is 19.1 Å². The molecular weight excluding hydrogens is 506 g/mol. The predicted octanol–water partition coefficient (Wildman–Crippen LogP) is 6.49. The first-order valence-corrected chi connectivity index (χ1v) is 13.0. The van der Waals surface area contributed by atoms with Crippen LogP contribution in [0.4, 0.5) is 17.1 Å². The van der Waals surface area contributed by atoms with Crippen molar-refractivity contribution in [2.75, 3.05) is 15.4 Å². The number of anilines is 3. The molecule has 0 aromatic heterocycles. The zero-order chi connectivity index (χ0) is 23.3. The molecule has 0 bridgehead atoms. The Kier molecular flexibility index (Phi) is 7.92. The minimum Gasteiger partial charge on any atom is -0.332 e. The Bertz CT molecular complexity index is 1200. The molecule has 0 amide bonds. The van der Waals surface area contributed by atoms with E-state index in [0.29, 0.717) is 16.5 Å². The van der Waals surface area contributed by atoms with Gasteiger partial charge < -0.3 is 10.6 Å². The second-order valence-electron chi connectivity index (χ2n) is 7.35. The SMILES string of the molecule is CCc1cccc(CC)c1NC(=S)Nc1ccc(C)cc1S(=O)(=O)Nc1ccc(Br)cc1. The summed E-state index contributed by atoms with van der Waals surface area (Å²) in [6.45, 7) is 6.04. The summed E-state index contributed by atoms with van der Waals surface area (Å²) in [5.41, 5.74) is 4.99. The molecule has 168 valence electrons. The normalized spacial score (nSPS) is 11.1. The van der Waals surface area contributed by atoms with Crippen LogP contribution in [0, 0.1) is 6.92 Å². The van der Waals surface area contributed by atoms with E-state index in [9.17, 15) is 8.42 Å². The summed E-state index contributed by atoms with van der Waals surface area (Å²) < 4.78 is 29.9. The lowest BCUT2D eigenvalue weighted by Gasteiger charge is -2.19. The van der Waals surface area contributed by atoms with E-state index < -0.39 is 10.0 Å². The Morgan fingerprint density at radius 3 is 2.16 bits per heavy atom. The lowest BCUT2D eigenvalue weighted by molar-refractivity contribution is 0.601. The zero-order valence-corrected chi connectivity index (χ0v) is 21.4. The monoisotopic (exact) mass is 531 g/mol. The fourth-order valence-corrected chi connectivity index (χ4v) is 5.14. The number of nitrogens with one attached hydrogen (secondary N) is 3. The van der Waals surface area contributed by atoms with Crippen molar-refractivity contribution in [2.45, 2.75) is 38.5 Å². The molecule has 0 saturated heterocycles. The summed E-state index contributed by atoms with van der Waals surface area (Å²) in [4.78, 5) is 0.129. The second-order valence-corrected chi connectivity index (χ2v) is 10.3. The summed E-state index contributed by atoms with van der Waals surface area (Å²) in [6, 6.07) is 18.3. The van der Waals surface area contributed by atoms with Gasteiger partial charge in [0.05, 0.1) is 5.69 Å². The van der Waals surface area contributed by atoms with Gasteiger partial charge in [-0.3, -0.25) is 4.72 Å². The Hall–Kier alpha value is -2.42. The number of hydrogen-bond donors (Lipinski definition) is 3. The lowest BCUT2D eigenvalue weighted by atomic mass is 10.0. The molecule has 3 N–H and O–H groups in total. The highest BCUT2D eigenvalue weighted by atomic mass is 79.9. The molecule has 0 saturated carbocycles. The first-order chi connectivity index (χ1) is 15.2. The molecule has 0 radical (unpaired) electrons. The largest absolute Gasteiger partial charge is 0.332 e. The number of aryl methyl sites for hydroxylation is 3. The van der Waals surface area contributed by atoms with Crippen LogP contribution in [0.3, 0.4) is 0 Å². The van der Waals surface area contributed by atoms with Crippen molar-refractivity contribution in [1.29, 1.82) is 0 Å². The topological polar surface area (TPSA) is 70.2 Å². The van der Waals surface area contributed by atoms with Crippen LogP contribution >= 0.6 is 28.1 Å². The third-order valence-electron chi connectivity index (χ3n) is 5.01. The lowest BCUT2D eigenvalue weighted by Crippen LogP contribution is -2.23. The van der Waals surface area contributed by atoms with Crippen LogP contribution in [-0.4, -0.2) is 13.5 Å². The minimum atomic E-state index is -3.84. The van der Waals surface area contributed by atoms with Crippen molar-refractivity contribution in [2.24, 2.45) is 0 Å². The molecule has 0 heterocycles. The molecule has 0 atom stereocenters. The third-order valence-corrected chi connectivity index (χ3v) is 7.16. The number of rotatable bonds is 7. The maximum absolute atomic E-state index is 13.2. The molecule has 0 unspecified atom stereocenters. The molecular formula is C24H26BrN3O2S2. The smallest absolute Gasteiger partial charge is 0.263 e. The molecule has 0 spiro atoms. The number of benzene rings is 3. The van der Waals surface area contributed by atoms with Crippen molar-refractivity contribution >= 4 is 60.3 Å². The van der Waals surface area contributed by atoms with Gasteiger partial charge >= 0.3 is 0 Å². The summed E-state index contributed by atoms with van der Waals surface area (Å²) in [7, 11) is -3.84. The van der Waals surface area contributed by atoms with Gasteiger partial charge in [-0.2, -0.15) is 0 Å². The van der Waals surface area contributed by atoms with Crippen LogP contribution in [-0.2, 0) is 22.9 Å². The van der Waals surface area contributed by atoms with Gasteiger partial charge in [-0.25, -0.2) is 8.42 Å². The summed E-state index contributed by atoms with van der Waals surface area (Å²) in [5, 5.41) is 6.70. The average Bonchev–Trinajstić information content (AvgIpc) is 2.76. The maximum atomic E-state index is 13.2. The first-order valence-electron chi connectivity index (χ1n) is 10.3. The van der Waals surface area contributed by atoms with E-state index in [-0.39, 0.29) is 4.90 Å². The maximum Gasteiger partial charge on any atom is 0.263 e. The molecule has 3 aromatic rings. The van der Waals surface area contributed by atoms with Gasteiger partial charge in [-0.15, -0.1) is 0 Å². The molecule has 0 aliphatic rings. The molecule has 8 heteroatoms. The van der Waals surface area contributed by atoms with Gasteiger partial charge in [-0.1, -0.05) is 54.0 Å². The van der Waals surface area contributed by atoms with Gasteiger partial charge in [0.15, 0.2) is 5.11 Å². The van der Waals surface area contributed by atoms with Gasteiger partial charge in [0.2, 0.25) is 0 Å². The summed E-state index contributed by atoms with van der Waals surface area (Å²) >= 11 is 8.91. The minimum absolute atomic E-state index is 0.129. The summed E-state index contributed by atoms with van der Waals surface area (Å²) in [6.07, 6.45) is 1.72. The molecule has 32 heavy (non-hydrogen) atoms. The van der Waals surface area contributed by atoms with Crippen LogP contribution in [0.5, 0.6) is 0 Å². The van der Waals surface area contributed by atoms with Crippen molar-refractivity contribution in [1.82, 2.24) is 0 Å². The predicted molar refractivity (Wildman–Crippen MR) is 141 cm³/mol. The van der Waals surface area contributed by atoms with E-state index in [1.165, 1.54) is 0 Å². The number of para-hydroxylation sites is 1. The third kappa shape index (κ3) is 5.88. The average molecular weight is 533 g/mol. The molecule has 0 fully saturated rings. The molecule has 0 aliphatic carbocycles. The van der Waals surface area contributed by atoms with Gasteiger partial charge in [0.1, 0.15) is 4.90 Å². The number of thiocarbonyl (C=S) groups is 1. The first kappa shape index (κ1) is 24.2. The fourth-order valence-electron chi connectivity index (χ4n) is 3.35. The summed E-state index contributed by atoms with van der Waals surface area (Å²) in [5.74, 6) is 0. The van der Waals surface area contributed by atoms with Crippen LogP contribution in [0.15, 0.2) is 70.0 Å². The number of halogens is 1. The molecule has 3 rings (SSSR count). The Balaban J connectivity index is 1.88. The van der Waals surface area contributed by atoms with E-state index in [1.54, 1.807) is 36.4 Å². The van der Waals surface area contributed by atoms with Gasteiger partial charge in [0, 0.05) is 15.8 Å². The fraction of sp³-hybridized carbons (Fsp3) is 0.208. The molecule has 0 aliphatic heterocycles. The van der Waals surface area contributed by atoms with Crippen LogP contribution in [0.1, 0.15) is 30.5 Å². The van der Waals surface area contributed by atoms with Crippen molar-refractivity contribution in [3.8, 4) is 0 Å².